The maximum atomic E-state index is 13.6. The zero-order valence-corrected chi connectivity index (χ0v) is 14.2. The highest BCUT2D eigenvalue weighted by Gasteiger charge is 2.11. The summed E-state index contributed by atoms with van der Waals surface area (Å²) in [5.41, 5.74) is 0.469. The number of carbonyl (C=O) groups excluding carboxylic acids is 1. The largest absolute Gasteiger partial charge is 0.355 e. The molecule has 1 fully saturated rings. The van der Waals surface area contributed by atoms with Gasteiger partial charge in [0.25, 0.3) is 0 Å². The third-order valence-electron chi connectivity index (χ3n) is 3.71. The standard InChI is InChI=1S/C16H22ClFN2OS/c17-14-5-3-6-15(18)13(14)11-22-12-16(21)19-7-4-10-20-8-1-2-9-20/h3,5-6H,1-2,4,7-12H2,(H,19,21). The summed E-state index contributed by atoms with van der Waals surface area (Å²) in [5, 5.41) is 3.32. The highest BCUT2D eigenvalue weighted by Crippen LogP contribution is 2.23. The van der Waals surface area contributed by atoms with Crippen LogP contribution in [0.2, 0.25) is 5.02 Å². The zero-order valence-electron chi connectivity index (χ0n) is 12.6. The lowest BCUT2D eigenvalue weighted by atomic mass is 10.2. The van der Waals surface area contributed by atoms with Gasteiger partial charge in [0.05, 0.1) is 5.75 Å². The van der Waals surface area contributed by atoms with Crippen LogP contribution in [0.3, 0.4) is 0 Å². The molecule has 1 heterocycles. The number of carbonyl (C=O) groups is 1. The Bertz CT molecular complexity index is 475. The van der Waals surface area contributed by atoms with Gasteiger partial charge >= 0.3 is 0 Å². The molecule has 1 aliphatic heterocycles. The van der Waals surface area contributed by atoms with Crippen LogP contribution < -0.4 is 5.32 Å². The van der Waals surface area contributed by atoms with Crippen LogP contribution in [0.1, 0.15) is 24.8 Å². The minimum absolute atomic E-state index is 0.00103. The van der Waals surface area contributed by atoms with E-state index in [0.29, 0.717) is 28.6 Å². The van der Waals surface area contributed by atoms with Crippen LogP contribution in [0, 0.1) is 5.82 Å². The molecule has 22 heavy (non-hydrogen) atoms. The first-order valence-corrected chi connectivity index (χ1v) is 9.20. The van der Waals surface area contributed by atoms with Crippen molar-refractivity contribution in [1.82, 2.24) is 10.2 Å². The fourth-order valence-electron chi connectivity index (χ4n) is 2.50. The van der Waals surface area contributed by atoms with E-state index in [4.69, 9.17) is 11.6 Å². The van der Waals surface area contributed by atoms with Gasteiger partial charge < -0.3 is 10.2 Å². The number of benzene rings is 1. The second-order valence-corrected chi connectivity index (χ2v) is 6.84. The molecule has 3 nitrogen and oxygen atoms in total. The molecule has 0 saturated carbocycles. The van der Waals surface area contributed by atoms with Gasteiger partial charge in [-0.2, -0.15) is 0 Å². The van der Waals surface area contributed by atoms with Crippen molar-refractivity contribution in [3.8, 4) is 0 Å². The number of thioether (sulfide) groups is 1. The highest BCUT2D eigenvalue weighted by atomic mass is 35.5. The first-order chi connectivity index (χ1) is 10.7. The van der Waals surface area contributed by atoms with E-state index in [0.717, 1.165) is 13.0 Å². The molecular formula is C16H22ClFN2OS. The molecular weight excluding hydrogens is 323 g/mol. The number of amides is 1. The molecule has 1 aromatic carbocycles. The Morgan fingerprint density at radius 1 is 1.36 bits per heavy atom. The predicted octanol–water partition coefficient (Wildman–Crippen LogP) is 3.31. The van der Waals surface area contributed by atoms with Gasteiger partial charge in [-0.25, -0.2) is 4.39 Å². The molecule has 0 spiro atoms. The first-order valence-electron chi connectivity index (χ1n) is 7.66. The molecule has 0 aromatic heterocycles. The second-order valence-electron chi connectivity index (χ2n) is 5.45. The van der Waals surface area contributed by atoms with Crippen LogP contribution >= 0.6 is 23.4 Å². The number of likely N-dealkylation sites (tertiary alicyclic amines) is 1. The van der Waals surface area contributed by atoms with Crippen molar-refractivity contribution in [2.24, 2.45) is 0 Å². The molecule has 1 amide bonds. The third-order valence-corrected chi connectivity index (χ3v) is 5.03. The number of nitrogens with one attached hydrogen (secondary N) is 1. The van der Waals surface area contributed by atoms with Gasteiger partial charge in [0, 0.05) is 22.9 Å². The van der Waals surface area contributed by atoms with E-state index < -0.39 is 0 Å². The van der Waals surface area contributed by atoms with Crippen molar-refractivity contribution in [2.45, 2.75) is 25.0 Å². The third kappa shape index (κ3) is 5.78. The molecule has 0 radical (unpaired) electrons. The van der Waals surface area contributed by atoms with Crippen LogP contribution in [0.15, 0.2) is 18.2 Å². The van der Waals surface area contributed by atoms with E-state index in [-0.39, 0.29) is 11.7 Å². The fraction of sp³-hybridized carbons (Fsp3) is 0.562. The molecule has 1 aliphatic rings. The minimum Gasteiger partial charge on any atom is -0.355 e. The van der Waals surface area contributed by atoms with E-state index >= 15 is 0 Å². The summed E-state index contributed by atoms with van der Waals surface area (Å²) in [5.74, 6) is 0.422. The van der Waals surface area contributed by atoms with Crippen LogP contribution in [0.4, 0.5) is 4.39 Å². The smallest absolute Gasteiger partial charge is 0.230 e. The van der Waals surface area contributed by atoms with Gasteiger partial charge in [-0.1, -0.05) is 17.7 Å². The normalized spacial score (nSPS) is 15.2. The van der Waals surface area contributed by atoms with E-state index in [1.807, 2.05) is 0 Å². The van der Waals surface area contributed by atoms with Crippen molar-refractivity contribution in [2.75, 3.05) is 31.9 Å². The lowest BCUT2D eigenvalue weighted by molar-refractivity contribution is -0.118. The summed E-state index contributed by atoms with van der Waals surface area (Å²) in [6.45, 7) is 4.13. The van der Waals surface area contributed by atoms with Crippen molar-refractivity contribution < 1.29 is 9.18 Å². The summed E-state index contributed by atoms with van der Waals surface area (Å²) in [7, 11) is 0. The van der Waals surface area contributed by atoms with Crippen molar-refractivity contribution >= 4 is 29.3 Å². The minimum atomic E-state index is -0.314. The number of rotatable bonds is 8. The Morgan fingerprint density at radius 2 is 2.14 bits per heavy atom. The Balaban J connectivity index is 1.57. The van der Waals surface area contributed by atoms with Crippen molar-refractivity contribution in [3.05, 3.63) is 34.6 Å². The monoisotopic (exact) mass is 344 g/mol. The maximum Gasteiger partial charge on any atom is 0.230 e. The molecule has 122 valence electrons. The topological polar surface area (TPSA) is 32.3 Å². The average Bonchev–Trinajstić information content (AvgIpc) is 3.00. The lowest BCUT2D eigenvalue weighted by Crippen LogP contribution is -2.29. The van der Waals surface area contributed by atoms with Crippen LogP contribution in [-0.4, -0.2) is 42.7 Å². The average molecular weight is 345 g/mol. The SMILES string of the molecule is O=C(CSCc1c(F)cccc1Cl)NCCCN1CCCC1. The summed E-state index contributed by atoms with van der Waals surface area (Å²) in [4.78, 5) is 14.2. The maximum absolute atomic E-state index is 13.6. The number of halogens is 2. The molecule has 1 N–H and O–H groups in total. The first kappa shape index (κ1) is 17.6. The molecule has 0 unspecified atom stereocenters. The van der Waals surface area contributed by atoms with Gasteiger partial charge in [0.2, 0.25) is 5.91 Å². The van der Waals surface area contributed by atoms with E-state index in [1.54, 1.807) is 12.1 Å². The molecule has 1 saturated heterocycles. The van der Waals surface area contributed by atoms with Gasteiger partial charge in [0.1, 0.15) is 5.82 Å². The lowest BCUT2D eigenvalue weighted by Gasteiger charge is -2.14. The summed E-state index contributed by atoms with van der Waals surface area (Å²) in [6.07, 6.45) is 3.57. The molecule has 0 atom stereocenters. The number of hydrogen-bond acceptors (Lipinski definition) is 3. The summed E-state index contributed by atoms with van der Waals surface area (Å²) >= 11 is 7.33. The predicted molar refractivity (Wildman–Crippen MR) is 90.9 cm³/mol. The second kappa shape index (κ2) is 9.38. The van der Waals surface area contributed by atoms with E-state index in [1.165, 1.54) is 43.8 Å². The Morgan fingerprint density at radius 3 is 2.86 bits per heavy atom. The zero-order chi connectivity index (χ0) is 15.8. The van der Waals surface area contributed by atoms with Crippen LogP contribution in [-0.2, 0) is 10.5 Å². The van der Waals surface area contributed by atoms with E-state index in [2.05, 4.69) is 10.2 Å². The molecule has 6 heteroatoms. The van der Waals surface area contributed by atoms with Crippen LogP contribution in [0.5, 0.6) is 0 Å². The van der Waals surface area contributed by atoms with Gasteiger partial charge in [-0.05, 0) is 51.0 Å². The molecule has 1 aromatic rings. The summed E-state index contributed by atoms with van der Waals surface area (Å²) < 4.78 is 13.6. The van der Waals surface area contributed by atoms with Crippen molar-refractivity contribution in [1.29, 1.82) is 0 Å². The van der Waals surface area contributed by atoms with Gasteiger partial charge in [-0.3, -0.25) is 4.79 Å². The van der Waals surface area contributed by atoms with E-state index in [9.17, 15) is 9.18 Å². The van der Waals surface area contributed by atoms with Crippen molar-refractivity contribution in [3.63, 3.8) is 0 Å². The molecule has 0 aliphatic carbocycles. The Labute approximate surface area is 140 Å². The molecule has 0 bridgehead atoms. The fourth-order valence-corrected chi connectivity index (χ4v) is 3.70. The quantitative estimate of drug-likeness (QED) is 0.734. The summed E-state index contributed by atoms with van der Waals surface area (Å²) in [6, 6.07) is 4.64. The Hall–Kier alpha value is -0.780. The van der Waals surface area contributed by atoms with Gasteiger partial charge in [0.15, 0.2) is 0 Å². The van der Waals surface area contributed by atoms with Crippen LogP contribution in [0.25, 0.3) is 0 Å². The Kier molecular flexibility index (Phi) is 7.49. The van der Waals surface area contributed by atoms with Gasteiger partial charge in [-0.15, -0.1) is 11.8 Å². The number of nitrogens with zero attached hydrogens (tertiary/aromatic N) is 1. The highest BCUT2D eigenvalue weighted by molar-refractivity contribution is 7.99. The number of hydrogen-bond donors (Lipinski definition) is 1. The molecule has 2 rings (SSSR count).